The summed E-state index contributed by atoms with van der Waals surface area (Å²) in [7, 11) is 0. The highest BCUT2D eigenvalue weighted by Crippen LogP contribution is 2.46. The van der Waals surface area contributed by atoms with E-state index >= 15 is 0 Å². The number of hydrogen-bond acceptors (Lipinski definition) is 3. The normalized spacial score (nSPS) is 15.4. The molecule has 5 nitrogen and oxygen atoms in total. The van der Waals surface area contributed by atoms with Crippen LogP contribution in [0.1, 0.15) is 131 Å². The summed E-state index contributed by atoms with van der Waals surface area (Å²) in [5.74, 6) is 0. The highest BCUT2D eigenvalue weighted by atomic mass is 16.3. The molecule has 0 saturated heterocycles. The molecule has 8 bridgehead atoms. The van der Waals surface area contributed by atoms with E-state index in [4.69, 9.17) is 9.97 Å². The van der Waals surface area contributed by atoms with Crippen LogP contribution in [0.4, 0.5) is 0 Å². The molecule has 0 spiro atoms. The zero-order valence-corrected chi connectivity index (χ0v) is 25.8. The van der Waals surface area contributed by atoms with Crippen LogP contribution in [0, 0.1) is 0 Å². The van der Waals surface area contributed by atoms with Gasteiger partial charge in [0.25, 0.3) is 0 Å². The van der Waals surface area contributed by atoms with Gasteiger partial charge in [0.1, 0.15) is 0 Å². The average molecular weight is 549 g/mol. The molecule has 3 aromatic rings. The Morgan fingerprint density at radius 3 is 1.76 bits per heavy atom. The van der Waals surface area contributed by atoms with Gasteiger partial charge in [0, 0.05) is 33.2 Å². The number of aliphatic hydroxyl groups is 1. The van der Waals surface area contributed by atoms with Crippen molar-refractivity contribution in [3.63, 3.8) is 0 Å². The van der Waals surface area contributed by atoms with Gasteiger partial charge in [-0.2, -0.15) is 0 Å². The number of allylic oxidation sites excluding steroid dienone is 4. The van der Waals surface area contributed by atoms with E-state index in [2.05, 4.69) is 69.7 Å². The number of hydrogen-bond donors (Lipinski definition) is 3. The van der Waals surface area contributed by atoms with Crippen molar-refractivity contribution in [2.24, 2.45) is 0 Å². The molecular weight excluding hydrogens is 504 g/mol. The van der Waals surface area contributed by atoms with Gasteiger partial charge in [-0.25, -0.2) is 9.97 Å². The summed E-state index contributed by atoms with van der Waals surface area (Å²) in [4.78, 5) is 18.2. The molecule has 3 aliphatic rings. The number of aromatic amines is 2. The minimum atomic E-state index is -0.584. The molecular formula is C36H44N4O. The number of rotatable bonds is 7. The SMILES string of the molecule is CCC1=C(CC)c2nc1cc1[nH]c(cc3[nH]c(cc4nc5c2CCC5=C4CC)c(CC)c3CC)c(C(C)O)c1CC. The summed E-state index contributed by atoms with van der Waals surface area (Å²) in [6, 6.07) is 6.74. The van der Waals surface area contributed by atoms with Crippen LogP contribution in [0.3, 0.4) is 0 Å². The Kier molecular flexibility index (Phi) is 7.27. The van der Waals surface area contributed by atoms with E-state index in [1.54, 1.807) is 0 Å². The predicted octanol–water partition coefficient (Wildman–Crippen LogP) is 9.05. The van der Waals surface area contributed by atoms with E-state index in [1.165, 1.54) is 44.7 Å². The van der Waals surface area contributed by atoms with E-state index in [0.717, 1.165) is 102 Å². The van der Waals surface area contributed by atoms with E-state index in [-0.39, 0.29) is 0 Å². The van der Waals surface area contributed by atoms with Crippen molar-refractivity contribution in [2.75, 3.05) is 0 Å². The monoisotopic (exact) mass is 548 g/mol. The lowest BCUT2D eigenvalue weighted by atomic mass is 9.97. The van der Waals surface area contributed by atoms with Crippen molar-refractivity contribution in [1.82, 2.24) is 19.9 Å². The Bertz CT molecular complexity index is 1780. The first kappa shape index (κ1) is 27.7. The number of aromatic nitrogens is 4. The maximum atomic E-state index is 11.0. The lowest BCUT2D eigenvalue weighted by Gasteiger charge is -2.06. The molecule has 6 rings (SSSR count). The third-order valence-corrected chi connectivity index (χ3v) is 9.46. The van der Waals surface area contributed by atoms with Crippen molar-refractivity contribution in [3.8, 4) is 0 Å². The lowest BCUT2D eigenvalue weighted by molar-refractivity contribution is 0.200. The molecule has 5 heterocycles. The maximum Gasteiger partial charge on any atom is 0.0785 e. The first-order valence-corrected chi connectivity index (χ1v) is 15.8. The number of aliphatic hydroxyl groups excluding tert-OH is 1. The summed E-state index contributed by atoms with van der Waals surface area (Å²) in [5, 5.41) is 11.0. The molecule has 3 aromatic heterocycles. The van der Waals surface area contributed by atoms with Crippen LogP contribution in [0.5, 0.6) is 0 Å². The fraction of sp³-hybridized carbons (Fsp3) is 0.444. The summed E-state index contributed by atoms with van der Waals surface area (Å²) in [6.07, 6.45) is 7.03. The van der Waals surface area contributed by atoms with Crippen LogP contribution in [0.2, 0.25) is 0 Å². The topological polar surface area (TPSA) is 77.6 Å². The van der Waals surface area contributed by atoms with Gasteiger partial charge in [-0.1, -0.05) is 41.5 Å². The zero-order valence-electron chi connectivity index (χ0n) is 25.8. The van der Waals surface area contributed by atoms with Crippen LogP contribution in [0.25, 0.3) is 44.4 Å². The minimum Gasteiger partial charge on any atom is -0.389 e. The van der Waals surface area contributed by atoms with Crippen LogP contribution in [-0.4, -0.2) is 25.0 Å². The van der Waals surface area contributed by atoms with Gasteiger partial charge >= 0.3 is 0 Å². The quantitative estimate of drug-likeness (QED) is 0.276. The molecule has 41 heavy (non-hydrogen) atoms. The summed E-state index contributed by atoms with van der Waals surface area (Å²) < 4.78 is 0. The van der Waals surface area contributed by atoms with Gasteiger partial charge in [0.05, 0.1) is 28.9 Å². The molecule has 1 aliphatic carbocycles. The Balaban J connectivity index is 1.86. The van der Waals surface area contributed by atoms with Crippen molar-refractivity contribution < 1.29 is 5.11 Å². The Labute approximate surface area is 243 Å². The second-order valence-electron chi connectivity index (χ2n) is 11.6. The van der Waals surface area contributed by atoms with Gasteiger partial charge in [-0.3, -0.25) is 0 Å². The van der Waals surface area contributed by atoms with Gasteiger partial charge in [0.15, 0.2) is 0 Å². The molecule has 0 amide bonds. The Morgan fingerprint density at radius 2 is 1.17 bits per heavy atom. The first-order valence-electron chi connectivity index (χ1n) is 15.8. The molecule has 0 aromatic carbocycles. The smallest absolute Gasteiger partial charge is 0.0785 e. The molecule has 1 atom stereocenters. The predicted molar refractivity (Wildman–Crippen MR) is 173 cm³/mol. The van der Waals surface area contributed by atoms with E-state index in [1.807, 2.05) is 6.92 Å². The number of aryl methyl sites for hydroxylation is 3. The van der Waals surface area contributed by atoms with E-state index < -0.39 is 6.10 Å². The fourth-order valence-corrected chi connectivity index (χ4v) is 7.67. The third-order valence-electron chi connectivity index (χ3n) is 9.46. The van der Waals surface area contributed by atoms with E-state index in [0.29, 0.717) is 0 Å². The Hall–Kier alpha value is -3.44. The minimum absolute atomic E-state index is 0.584. The molecule has 214 valence electrons. The molecule has 0 saturated carbocycles. The number of nitrogens with one attached hydrogen (secondary N) is 2. The molecule has 2 aliphatic heterocycles. The highest BCUT2D eigenvalue weighted by Gasteiger charge is 2.31. The summed E-state index contributed by atoms with van der Waals surface area (Å²) in [6.45, 7) is 15.3. The largest absolute Gasteiger partial charge is 0.389 e. The van der Waals surface area contributed by atoms with Gasteiger partial charge < -0.3 is 15.1 Å². The van der Waals surface area contributed by atoms with Gasteiger partial charge in [-0.15, -0.1) is 0 Å². The number of fused-ring (bicyclic) bond motifs is 8. The maximum absolute atomic E-state index is 11.0. The first-order chi connectivity index (χ1) is 19.9. The van der Waals surface area contributed by atoms with Crippen molar-refractivity contribution in [3.05, 3.63) is 68.8 Å². The van der Waals surface area contributed by atoms with Crippen LogP contribution in [-0.2, 0) is 25.7 Å². The molecule has 3 N–H and O–H groups in total. The lowest BCUT2D eigenvalue weighted by Crippen LogP contribution is -1.94. The molecule has 5 heteroatoms. The van der Waals surface area contributed by atoms with Crippen molar-refractivity contribution in [1.29, 1.82) is 0 Å². The third kappa shape index (κ3) is 4.23. The summed E-state index contributed by atoms with van der Waals surface area (Å²) in [5.41, 5.74) is 20.4. The highest BCUT2D eigenvalue weighted by molar-refractivity contribution is 5.99. The standard InChI is InChI=1S/C36H44N4O/c1-8-20-21(9-2)29-18-33-34(19(7)41)25(13-6)32(38-33)17-30-22(10-3)24(12-5)35(39-30)27-15-14-26-23(11-4)31(40-36(26)27)16-28(20)37-29/h16-19,37-38,41H,8-15H2,1-7H3. The van der Waals surface area contributed by atoms with Crippen LogP contribution in [0.15, 0.2) is 18.2 Å². The molecule has 0 radical (unpaired) electrons. The summed E-state index contributed by atoms with van der Waals surface area (Å²) >= 11 is 0. The second-order valence-corrected chi connectivity index (χ2v) is 11.6. The number of H-pyrrole nitrogens is 2. The fourth-order valence-electron chi connectivity index (χ4n) is 7.67. The number of nitrogens with zero attached hydrogens (tertiary/aromatic N) is 2. The average Bonchev–Trinajstić information content (AvgIpc) is 3.74. The van der Waals surface area contributed by atoms with Crippen LogP contribution < -0.4 is 0 Å². The van der Waals surface area contributed by atoms with Gasteiger partial charge in [-0.05, 0) is 115 Å². The van der Waals surface area contributed by atoms with Crippen LogP contribution >= 0.6 is 0 Å². The van der Waals surface area contributed by atoms with Crippen molar-refractivity contribution >= 4 is 44.4 Å². The Morgan fingerprint density at radius 1 is 0.634 bits per heavy atom. The molecule has 0 fully saturated rings. The van der Waals surface area contributed by atoms with Gasteiger partial charge in [0.2, 0.25) is 0 Å². The molecule has 1 unspecified atom stereocenters. The zero-order chi connectivity index (χ0) is 29.0. The second kappa shape index (κ2) is 10.8. The van der Waals surface area contributed by atoms with Crippen molar-refractivity contribution in [2.45, 2.75) is 106 Å². The van der Waals surface area contributed by atoms with E-state index in [9.17, 15) is 5.11 Å².